The van der Waals surface area contributed by atoms with Crippen molar-refractivity contribution in [2.75, 3.05) is 26.2 Å². The molecule has 1 aliphatic heterocycles. The lowest BCUT2D eigenvalue weighted by molar-refractivity contribution is 0.0503. The third kappa shape index (κ3) is 4.82. The highest BCUT2D eigenvalue weighted by Crippen LogP contribution is 2.21. The van der Waals surface area contributed by atoms with Crippen LogP contribution in [0.4, 0.5) is 8.78 Å². The molecule has 0 unspecified atom stereocenters. The molecule has 1 atom stereocenters. The monoisotopic (exact) mass is 367 g/mol. The average molecular weight is 367 g/mol. The highest BCUT2D eigenvalue weighted by molar-refractivity contribution is 7.11. The highest BCUT2D eigenvalue weighted by Gasteiger charge is 2.27. The van der Waals surface area contributed by atoms with Crippen molar-refractivity contribution in [3.8, 4) is 0 Å². The third-order valence-corrected chi connectivity index (χ3v) is 5.47. The fourth-order valence-corrected chi connectivity index (χ4v) is 4.14. The van der Waals surface area contributed by atoms with Crippen molar-refractivity contribution in [3.05, 3.63) is 51.5 Å². The molecule has 0 aliphatic carbocycles. The molecule has 2 aromatic rings. The second kappa shape index (κ2) is 8.31. The SMILES string of the molecule is Cc1ncc(CN2CCN(Cc3ccc(F)c(F)c3)[C@@H](CCO)C2)s1. The van der Waals surface area contributed by atoms with E-state index in [9.17, 15) is 13.9 Å². The van der Waals surface area contributed by atoms with Gasteiger partial charge in [-0.3, -0.25) is 9.80 Å². The molecule has 1 saturated heterocycles. The van der Waals surface area contributed by atoms with Crippen LogP contribution in [0.1, 0.15) is 21.9 Å². The second-order valence-electron chi connectivity index (χ2n) is 6.47. The standard InChI is InChI=1S/C18H23F2N3OS/c1-13-21-9-16(25-13)12-22-5-6-23(15(11-22)4-7-24)10-14-2-3-17(19)18(20)8-14/h2-3,8-9,15,24H,4-7,10-12H2,1H3/t15-/m0/s1. The number of nitrogens with zero attached hydrogens (tertiary/aromatic N) is 3. The first kappa shape index (κ1) is 18.4. The highest BCUT2D eigenvalue weighted by atomic mass is 32.1. The first-order chi connectivity index (χ1) is 12.0. The van der Waals surface area contributed by atoms with Gasteiger partial charge in [-0.2, -0.15) is 0 Å². The van der Waals surface area contributed by atoms with Gasteiger partial charge in [0.25, 0.3) is 0 Å². The maximum Gasteiger partial charge on any atom is 0.159 e. The molecule has 0 amide bonds. The van der Waals surface area contributed by atoms with E-state index in [-0.39, 0.29) is 12.6 Å². The normalized spacial score (nSPS) is 19.4. The lowest BCUT2D eigenvalue weighted by atomic mass is 10.1. The zero-order valence-corrected chi connectivity index (χ0v) is 15.1. The Labute approximate surface area is 150 Å². The minimum Gasteiger partial charge on any atom is -0.396 e. The van der Waals surface area contributed by atoms with Gasteiger partial charge in [0.2, 0.25) is 0 Å². The summed E-state index contributed by atoms with van der Waals surface area (Å²) in [4.78, 5) is 10.2. The van der Waals surface area contributed by atoms with Crippen LogP contribution in [0.2, 0.25) is 0 Å². The maximum atomic E-state index is 13.4. The van der Waals surface area contributed by atoms with E-state index in [0.717, 1.165) is 36.8 Å². The van der Waals surface area contributed by atoms with E-state index in [1.165, 1.54) is 17.0 Å². The summed E-state index contributed by atoms with van der Waals surface area (Å²) in [6.45, 7) is 6.14. The number of aryl methyl sites for hydroxylation is 1. The quantitative estimate of drug-likeness (QED) is 0.852. The summed E-state index contributed by atoms with van der Waals surface area (Å²) in [5.74, 6) is -1.63. The minimum atomic E-state index is -0.819. The Morgan fingerprint density at radius 3 is 2.76 bits per heavy atom. The summed E-state index contributed by atoms with van der Waals surface area (Å²) >= 11 is 1.71. The molecule has 1 aliphatic rings. The predicted molar refractivity (Wildman–Crippen MR) is 94.4 cm³/mol. The molecule has 25 heavy (non-hydrogen) atoms. The Kier molecular flexibility index (Phi) is 6.11. The summed E-state index contributed by atoms with van der Waals surface area (Å²) in [6, 6.07) is 4.26. The van der Waals surface area contributed by atoms with E-state index in [2.05, 4.69) is 14.8 Å². The van der Waals surface area contributed by atoms with Crippen LogP contribution in [0.15, 0.2) is 24.4 Å². The van der Waals surface area contributed by atoms with Crippen LogP contribution in [0, 0.1) is 18.6 Å². The number of benzene rings is 1. The largest absolute Gasteiger partial charge is 0.396 e. The Bertz CT molecular complexity index is 709. The Morgan fingerprint density at radius 1 is 1.24 bits per heavy atom. The van der Waals surface area contributed by atoms with Crippen molar-refractivity contribution in [1.82, 2.24) is 14.8 Å². The molecule has 4 nitrogen and oxygen atoms in total. The lowest BCUT2D eigenvalue weighted by Crippen LogP contribution is -2.52. The van der Waals surface area contributed by atoms with Gasteiger partial charge < -0.3 is 5.11 Å². The van der Waals surface area contributed by atoms with Crippen molar-refractivity contribution in [1.29, 1.82) is 0 Å². The fraction of sp³-hybridized carbons (Fsp3) is 0.500. The van der Waals surface area contributed by atoms with Gasteiger partial charge in [0.15, 0.2) is 11.6 Å². The van der Waals surface area contributed by atoms with E-state index < -0.39 is 11.6 Å². The molecule has 3 rings (SSSR count). The first-order valence-corrected chi connectivity index (χ1v) is 9.29. The summed E-state index contributed by atoms with van der Waals surface area (Å²) in [5, 5.41) is 10.5. The number of piperazine rings is 1. The van der Waals surface area contributed by atoms with E-state index in [1.54, 1.807) is 17.4 Å². The number of hydrogen-bond acceptors (Lipinski definition) is 5. The van der Waals surface area contributed by atoms with Crippen LogP contribution in [0.5, 0.6) is 0 Å². The number of aliphatic hydroxyl groups is 1. The number of hydrogen-bond donors (Lipinski definition) is 1. The number of halogens is 2. The van der Waals surface area contributed by atoms with E-state index in [4.69, 9.17) is 0 Å². The molecule has 1 aromatic carbocycles. The van der Waals surface area contributed by atoms with E-state index in [0.29, 0.717) is 13.0 Å². The number of thiazole rings is 1. The molecule has 2 heterocycles. The fourth-order valence-electron chi connectivity index (χ4n) is 3.30. The maximum absolute atomic E-state index is 13.4. The van der Waals surface area contributed by atoms with Gasteiger partial charge in [0.05, 0.1) is 5.01 Å². The van der Waals surface area contributed by atoms with Crippen LogP contribution in [0.25, 0.3) is 0 Å². The first-order valence-electron chi connectivity index (χ1n) is 8.47. The Balaban J connectivity index is 1.63. The van der Waals surface area contributed by atoms with Gasteiger partial charge in [0.1, 0.15) is 0 Å². The van der Waals surface area contributed by atoms with Crippen LogP contribution in [-0.2, 0) is 13.1 Å². The van der Waals surface area contributed by atoms with Crippen LogP contribution in [-0.4, -0.2) is 52.2 Å². The van der Waals surface area contributed by atoms with E-state index >= 15 is 0 Å². The number of aliphatic hydroxyl groups excluding tert-OH is 1. The average Bonchev–Trinajstić information content (AvgIpc) is 2.98. The molecule has 1 fully saturated rings. The van der Waals surface area contributed by atoms with Crippen molar-refractivity contribution in [2.24, 2.45) is 0 Å². The topological polar surface area (TPSA) is 39.6 Å². The van der Waals surface area contributed by atoms with Crippen molar-refractivity contribution < 1.29 is 13.9 Å². The van der Waals surface area contributed by atoms with E-state index in [1.807, 2.05) is 13.1 Å². The summed E-state index contributed by atoms with van der Waals surface area (Å²) < 4.78 is 26.5. The van der Waals surface area contributed by atoms with Crippen molar-refractivity contribution in [2.45, 2.75) is 32.5 Å². The molecular formula is C18H23F2N3OS. The van der Waals surface area contributed by atoms with Gasteiger partial charge in [-0.05, 0) is 31.0 Å². The third-order valence-electron chi connectivity index (χ3n) is 4.57. The molecule has 136 valence electrons. The van der Waals surface area contributed by atoms with Crippen LogP contribution in [0.3, 0.4) is 0 Å². The molecule has 7 heteroatoms. The number of rotatable bonds is 6. The molecule has 1 aromatic heterocycles. The zero-order valence-electron chi connectivity index (χ0n) is 14.3. The predicted octanol–water partition coefficient (Wildman–Crippen LogP) is 2.80. The number of aromatic nitrogens is 1. The van der Waals surface area contributed by atoms with Gasteiger partial charge in [-0.1, -0.05) is 6.07 Å². The lowest BCUT2D eigenvalue weighted by Gasteiger charge is -2.41. The molecule has 0 spiro atoms. The van der Waals surface area contributed by atoms with Gasteiger partial charge in [0, 0.05) is 56.4 Å². The van der Waals surface area contributed by atoms with Gasteiger partial charge in [-0.15, -0.1) is 11.3 Å². The van der Waals surface area contributed by atoms with Crippen molar-refractivity contribution in [3.63, 3.8) is 0 Å². The molecule has 1 N–H and O–H groups in total. The van der Waals surface area contributed by atoms with Crippen molar-refractivity contribution >= 4 is 11.3 Å². The summed E-state index contributed by atoms with van der Waals surface area (Å²) in [5.41, 5.74) is 0.758. The smallest absolute Gasteiger partial charge is 0.159 e. The Hall–Kier alpha value is -1.41. The van der Waals surface area contributed by atoms with Gasteiger partial charge >= 0.3 is 0 Å². The van der Waals surface area contributed by atoms with Crippen LogP contribution >= 0.6 is 11.3 Å². The molecular weight excluding hydrogens is 344 g/mol. The van der Waals surface area contributed by atoms with Crippen LogP contribution < -0.4 is 0 Å². The molecule has 0 radical (unpaired) electrons. The van der Waals surface area contributed by atoms with Gasteiger partial charge in [-0.25, -0.2) is 13.8 Å². The Morgan fingerprint density at radius 2 is 2.08 bits per heavy atom. The minimum absolute atomic E-state index is 0.118. The second-order valence-corrected chi connectivity index (χ2v) is 7.79. The molecule has 0 saturated carbocycles. The summed E-state index contributed by atoms with van der Waals surface area (Å²) in [6.07, 6.45) is 2.59. The molecule has 0 bridgehead atoms. The summed E-state index contributed by atoms with van der Waals surface area (Å²) in [7, 11) is 0. The zero-order chi connectivity index (χ0) is 17.8.